The van der Waals surface area contributed by atoms with Gasteiger partial charge in [-0.25, -0.2) is 13.1 Å². The number of ketones is 1. The molecular weight excluding hydrogens is 394 g/mol. The Labute approximate surface area is 171 Å². The lowest BCUT2D eigenvalue weighted by molar-refractivity contribution is 0.0709. The van der Waals surface area contributed by atoms with Gasteiger partial charge >= 0.3 is 0 Å². The number of sulfonamides is 1. The number of nitrogens with zero attached hydrogens (tertiary/aromatic N) is 1. The Balaban J connectivity index is 1.72. The number of carbonyl (C=O) groups is 2. The Kier molecular flexibility index (Phi) is 6.01. The lowest BCUT2D eigenvalue weighted by Crippen LogP contribution is -2.47. The third kappa shape index (κ3) is 4.95. The molecule has 2 N–H and O–H groups in total. The number of piperidine rings is 1. The van der Waals surface area contributed by atoms with Gasteiger partial charge in [-0.1, -0.05) is 20.8 Å². The Morgan fingerprint density at radius 3 is 2.52 bits per heavy atom. The highest BCUT2D eigenvalue weighted by Crippen LogP contribution is 2.33. The van der Waals surface area contributed by atoms with Gasteiger partial charge in [0.15, 0.2) is 5.78 Å². The van der Waals surface area contributed by atoms with Crippen LogP contribution in [0, 0.1) is 5.41 Å². The van der Waals surface area contributed by atoms with Crippen LogP contribution in [0.2, 0.25) is 0 Å². The zero-order valence-electron chi connectivity index (χ0n) is 17.2. The van der Waals surface area contributed by atoms with Crippen LogP contribution in [0.1, 0.15) is 72.9 Å². The summed E-state index contributed by atoms with van der Waals surface area (Å²) >= 11 is 0. The molecule has 0 saturated carbocycles. The summed E-state index contributed by atoms with van der Waals surface area (Å²) in [5.74, 6) is -0.395. The van der Waals surface area contributed by atoms with Crippen LogP contribution in [0.25, 0.3) is 0 Å². The van der Waals surface area contributed by atoms with Crippen LogP contribution in [-0.2, 0) is 16.4 Å². The minimum Gasteiger partial charge on any atom is -0.338 e. The molecule has 3 rings (SSSR count). The molecule has 0 spiro atoms. The number of fused-ring (bicyclic) bond motifs is 1. The van der Waals surface area contributed by atoms with Crippen LogP contribution >= 0.6 is 0 Å². The molecule has 160 valence electrons. The second-order valence-electron chi connectivity index (χ2n) is 8.85. The Morgan fingerprint density at radius 2 is 1.90 bits per heavy atom. The van der Waals surface area contributed by atoms with Gasteiger partial charge in [0.2, 0.25) is 10.0 Å². The molecule has 1 fully saturated rings. The van der Waals surface area contributed by atoms with Crippen molar-refractivity contribution in [3.63, 3.8) is 0 Å². The minimum absolute atomic E-state index is 0.0261. The Bertz CT molecular complexity index is 972. The summed E-state index contributed by atoms with van der Waals surface area (Å²) < 4.78 is 26.5. The van der Waals surface area contributed by atoms with Crippen molar-refractivity contribution in [3.05, 3.63) is 33.2 Å². The molecule has 0 aromatic carbocycles. The first-order valence-electron chi connectivity index (χ1n) is 10.1. The number of H-pyrrole nitrogens is 1. The maximum atomic E-state index is 12.9. The van der Waals surface area contributed by atoms with Gasteiger partial charge in [0.25, 0.3) is 11.5 Å². The average Bonchev–Trinajstić information content (AvgIpc) is 2.60. The lowest BCUT2D eigenvalue weighted by Gasteiger charge is -2.33. The molecule has 9 heteroatoms. The molecular formula is C20H29N3O5S. The van der Waals surface area contributed by atoms with E-state index in [4.69, 9.17) is 0 Å². The third-order valence-corrected chi connectivity index (χ3v) is 7.19. The fourth-order valence-corrected chi connectivity index (χ4v) is 5.54. The van der Waals surface area contributed by atoms with Crippen molar-refractivity contribution >= 4 is 21.7 Å². The van der Waals surface area contributed by atoms with E-state index in [9.17, 15) is 22.8 Å². The molecule has 1 aromatic rings. The zero-order chi connectivity index (χ0) is 21.4. The maximum absolute atomic E-state index is 12.9. The fourth-order valence-electron chi connectivity index (χ4n) is 4.14. The first-order valence-corrected chi connectivity index (χ1v) is 11.8. The third-order valence-electron chi connectivity index (χ3n) is 5.55. The van der Waals surface area contributed by atoms with Crippen LogP contribution in [0.5, 0.6) is 0 Å². The van der Waals surface area contributed by atoms with E-state index in [-0.39, 0.29) is 28.6 Å². The number of likely N-dealkylation sites (tertiary alicyclic amines) is 1. The van der Waals surface area contributed by atoms with Gasteiger partial charge in [0.1, 0.15) is 5.56 Å². The number of aromatic nitrogens is 1. The van der Waals surface area contributed by atoms with Crippen LogP contribution in [0.4, 0.5) is 0 Å². The number of carbonyl (C=O) groups excluding carboxylic acids is 2. The van der Waals surface area contributed by atoms with Gasteiger partial charge in [-0.05, 0) is 37.2 Å². The molecule has 1 aliphatic heterocycles. The highest BCUT2D eigenvalue weighted by atomic mass is 32.2. The summed E-state index contributed by atoms with van der Waals surface area (Å²) in [6.07, 6.45) is 2.49. The molecule has 0 unspecified atom stereocenters. The highest BCUT2D eigenvalue weighted by Gasteiger charge is 2.34. The van der Waals surface area contributed by atoms with E-state index >= 15 is 0 Å². The molecule has 2 aliphatic rings. The predicted octanol–water partition coefficient (Wildman–Crippen LogP) is 1.46. The van der Waals surface area contributed by atoms with E-state index in [1.165, 1.54) is 6.07 Å². The van der Waals surface area contributed by atoms with E-state index in [2.05, 4.69) is 9.71 Å². The van der Waals surface area contributed by atoms with Crippen molar-refractivity contribution in [2.75, 3.05) is 18.8 Å². The molecule has 1 saturated heterocycles. The van der Waals surface area contributed by atoms with Crippen LogP contribution < -0.4 is 10.3 Å². The number of aromatic amines is 1. The fraction of sp³-hybridized carbons (Fsp3) is 0.650. The number of Topliss-reactive ketones (excluding diaryl/α,β-unsaturated/α-hetero) is 1. The van der Waals surface area contributed by atoms with E-state index < -0.39 is 21.5 Å². The van der Waals surface area contributed by atoms with Gasteiger partial charge in [0.05, 0.1) is 5.75 Å². The number of nitrogens with one attached hydrogen (secondary N) is 2. The van der Waals surface area contributed by atoms with Crippen molar-refractivity contribution in [1.82, 2.24) is 14.6 Å². The summed E-state index contributed by atoms with van der Waals surface area (Å²) in [4.78, 5) is 42.2. The van der Waals surface area contributed by atoms with Crippen molar-refractivity contribution in [2.24, 2.45) is 5.41 Å². The van der Waals surface area contributed by atoms with E-state index in [1.54, 1.807) is 4.90 Å². The minimum atomic E-state index is -3.30. The van der Waals surface area contributed by atoms with Gasteiger partial charge in [0, 0.05) is 36.8 Å². The van der Waals surface area contributed by atoms with E-state index in [0.717, 1.165) is 0 Å². The van der Waals surface area contributed by atoms with Gasteiger partial charge < -0.3 is 9.88 Å². The summed E-state index contributed by atoms with van der Waals surface area (Å²) in [6, 6.07) is 1.23. The van der Waals surface area contributed by atoms with Gasteiger partial charge in [-0.15, -0.1) is 0 Å². The van der Waals surface area contributed by atoms with Crippen molar-refractivity contribution in [3.8, 4) is 0 Å². The number of pyridine rings is 1. The lowest BCUT2D eigenvalue weighted by atomic mass is 9.75. The second kappa shape index (κ2) is 8.02. The zero-order valence-corrected chi connectivity index (χ0v) is 18.0. The first-order chi connectivity index (χ1) is 13.5. The molecule has 1 amide bonds. The quantitative estimate of drug-likeness (QED) is 0.744. The number of rotatable bonds is 5. The van der Waals surface area contributed by atoms with Crippen molar-refractivity contribution in [2.45, 2.75) is 58.9 Å². The van der Waals surface area contributed by atoms with Crippen LogP contribution in [0.15, 0.2) is 10.9 Å². The topological polar surface area (TPSA) is 116 Å². The normalized spacial score (nSPS) is 19.8. The summed E-state index contributed by atoms with van der Waals surface area (Å²) in [6.45, 7) is 6.47. The van der Waals surface area contributed by atoms with Crippen molar-refractivity contribution in [1.29, 1.82) is 0 Å². The molecule has 0 atom stereocenters. The summed E-state index contributed by atoms with van der Waals surface area (Å²) in [5.41, 5.74) is 0.295. The van der Waals surface area contributed by atoms with Crippen LogP contribution in [0.3, 0.4) is 0 Å². The highest BCUT2D eigenvalue weighted by molar-refractivity contribution is 7.89. The average molecular weight is 424 g/mol. The number of amides is 1. The maximum Gasteiger partial charge on any atom is 0.261 e. The first kappa shape index (κ1) is 21.7. The SMILES string of the molecule is CCCS(=O)(=O)NC1CCN(C(=O)c2cc3c([nH]c2=O)CC(C)(C)CC3=O)CC1. The van der Waals surface area contributed by atoms with Gasteiger partial charge in [-0.3, -0.25) is 14.4 Å². The Hall–Kier alpha value is -2.00. The smallest absolute Gasteiger partial charge is 0.261 e. The predicted molar refractivity (Wildman–Crippen MR) is 110 cm³/mol. The van der Waals surface area contributed by atoms with Crippen molar-refractivity contribution < 1.29 is 18.0 Å². The largest absolute Gasteiger partial charge is 0.338 e. The number of hydrogen-bond donors (Lipinski definition) is 2. The molecule has 2 heterocycles. The Morgan fingerprint density at radius 1 is 1.24 bits per heavy atom. The molecule has 0 bridgehead atoms. The molecule has 1 aliphatic carbocycles. The molecule has 29 heavy (non-hydrogen) atoms. The second-order valence-corrected chi connectivity index (χ2v) is 10.7. The molecule has 8 nitrogen and oxygen atoms in total. The molecule has 1 aromatic heterocycles. The monoisotopic (exact) mass is 423 g/mol. The molecule has 0 radical (unpaired) electrons. The van der Waals surface area contributed by atoms with Gasteiger partial charge in [-0.2, -0.15) is 0 Å². The number of hydrogen-bond acceptors (Lipinski definition) is 5. The van der Waals surface area contributed by atoms with E-state index in [1.807, 2.05) is 20.8 Å². The standard InChI is InChI=1S/C20H29N3O5S/c1-4-9-29(27,28)22-13-5-7-23(8-6-13)19(26)15-10-14-16(21-18(15)25)11-20(2,3)12-17(14)24/h10,13,22H,4-9,11-12H2,1-3H3,(H,21,25). The summed E-state index contributed by atoms with van der Waals surface area (Å²) in [7, 11) is -3.30. The summed E-state index contributed by atoms with van der Waals surface area (Å²) in [5, 5.41) is 0. The van der Waals surface area contributed by atoms with E-state index in [0.29, 0.717) is 56.5 Å². The van der Waals surface area contributed by atoms with Crippen LogP contribution in [-0.4, -0.2) is 54.9 Å².